The highest BCUT2D eigenvalue weighted by molar-refractivity contribution is 6.32. The summed E-state index contributed by atoms with van der Waals surface area (Å²) in [5.41, 5.74) is 0.868. The monoisotopic (exact) mass is 565 g/mol. The average Bonchev–Trinajstić information content (AvgIpc) is 2.93. The number of carbonyl (C=O) groups is 1. The summed E-state index contributed by atoms with van der Waals surface area (Å²) >= 11 is 6.19. The van der Waals surface area contributed by atoms with E-state index in [4.69, 9.17) is 21.1 Å². The number of nitriles is 2. The number of halogens is 3. The fourth-order valence-electron chi connectivity index (χ4n) is 3.51. The van der Waals surface area contributed by atoms with Crippen LogP contribution in [0.2, 0.25) is 5.02 Å². The molecule has 0 saturated heterocycles. The predicted molar refractivity (Wildman–Crippen MR) is 140 cm³/mol. The number of benzene rings is 2. The van der Waals surface area contributed by atoms with Crippen LogP contribution in [0.25, 0.3) is 0 Å². The van der Waals surface area contributed by atoms with Gasteiger partial charge in [0.2, 0.25) is 0 Å². The molecule has 0 radical (unpaired) electrons. The first-order valence-corrected chi connectivity index (χ1v) is 11.4. The van der Waals surface area contributed by atoms with Gasteiger partial charge < -0.3 is 9.47 Å². The van der Waals surface area contributed by atoms with E-state index < -0.39 is 24.1 Å². The largest absolute Gasteiger partial charge is 0.453 e. The van der Waals surface area contributed by atoms with Crippen LogP contribution in [0.1, 0.15) is 38.3 Å². The van der Waals surface area contributed by atoms with E-state index in [-0.39, 0.29) is 57.6 Å². The molecule has 0 spiro atoms. The molecule has 0 bridgehead atoms. The lowest BCUT2D eigenvalue weighted by Gasteiger charge is -2.13. The molecular weight excluding hydrogens is 548 g/mol. The van der Waals surface area contributed by atoms with Crippen molar-refractivity contribution in [2.24, 2.45) is 0 Å². The zero-order valence-corrected chi connectivity index (χ0v) is 21.8. The Morgan fingerprint density at radius 3 is 2.49 bits per heavy atom. The summed E-state index contributed by atoms with van der Waals surface area (Å²) in [5, 5.41) is 22.6. The van der Waals surface area contributed by atoms with Gasteiger partial charge in [0.05, 0.1) is 39.5 Å². The van der Waals surface area contributed by atoms with Crippen LogP contribution in [0.4, 0.5) is 4.39 Å². The molecule has 4 aromatic rings. The van der Waals surface area contributed by atoms with E-state index in [2.05, 4.69) is 10.1 Å². The minimum atomic E-state index is -0.779. The molecule has 0 atom stereocenters. The SMILES string of the molecule is Cc1cc(Cc2ccc(Cl)c(Oc3cc(C#N)cc(C#N)c3)c2F)nn(COC(=O)c2cccnc2)c1=O.Cl. The van der Waals surface area contributed by atoms with E-state index in [9.17, 15) is 20.1 Å². The van der Waals surface area contributed by atoms with Crippen LogP contribution in [0.3, 0.4) is 0 Å². The molecule has 0 unspecified atom stereocenters. The van der Waals surface area contributed by atoms with E-state index in [0.717, 1.165) is 4.68 Å². The number of ether oxygens (including phenoxy) is 2. The molecular formula is C27H18Cl2FN5O4. The summed E-state index contributed by atoms with van der Waals surface area (Å²) in [6, 6.07) is 15.4. The zero-order chi connectivity index (χ0) is 27.2. The Labute approximate surface area is 233 Å². The molecule has 0 fully saturated rings. The van der Waals surface area contributed by atoms with Gasteiger partial charge in [-0.05, 0) is 55.0 Å². The summed E-state index contributed by atoms with van der Waals surface area (Å²) in [6.45, 7) is 1.11. The summed E-state index contributed by atoms with van der Waals surface area (Å²) in [4.78, 5) is 28.6. The number of hydrogen-bond donors (Lipinski definition) is 0. The summed E-state index contributed by atoms with van der Waals surface area (Å²) in [5.74, 6) is -1.69. The fourth-order valence-corrected chi connectivity index (χ4v) is 3.69. The number of aromatic nitrogens is 3. The van der Waals surface area contributed by atoms with Crippen molar-refractivity contribution in [2.75, 3.05) is 0 Å². The molecule has 9 nitrogen and oxygen atoms in total. The lowest BCUT2D eigenvalue weighted by Crippen LogP contribution is -2.28. The van der Waals surface area contributed by atoms with Gasteiger partial charge in [-0.15, -0.1) is 12.4 Å². The molecule has 2 aromatic carbocycles. The van der Waals surface area contributed by atoms with Gasteiger partial charge in [0.15, 0.2) is 18.3 Å². The van der Waals surface area contributed by atoms with Crippen LogP contribution < -0.4 is 10.3 Å². The molecule has 12 heteroatoms. The number of rotatable bonds is 7. The van der Waals surface area contributed by atoms with Crippen LogP contribution in [0, 0.1) is 35.4 Å². The van der Waals surface area contributed by atoms with Gasteiger partial charge in [-0.1, -0.05) is 17.7 Å². The van der Waals surface area contributed by atoms with Crippen molar-refractivity contribution >= 4 is 30.0 Å². The Hall–Kier alpha value is -4.77. The van der Waals surface area contributed by atoms with Crippen LogP contribution in [-0.4, -0.2) is 20.7 Å². The van der Waals surface area contributed by atoms with Crippen molar-refractivity contribution in [3.8, 4) is 23.6 Å². The highest BCUT2D eigenvalue weighted by atomic mass is 35.5. The van der Waals surface area contributed by atoms with Crippen molar-refractivity contribution in [1.29, 1.82) is 10.5 Å². The number of hydrogen-bond acceptors (Lipinski definition) is 8. The molecule has 2 heterocycles. The number of carbonyl (C=O) groups excluding carboxylic acids is 1. The van der Waals surface area contributed by atoms with Crippen molar-refractivity contribution in [3.63, 3.8) is 0 Å². The van der Waals surface area contributed by atoms with E-state index in [1.807, 2.05) is 12.1 Å². The average molecular weight is 566 g/mol. The van der Waals surface area contributed by atoms with Gasteiger partial charge in [0.25, 0.3) is 5.56 Å². The Morgan fingerprint density at radius 2 is 1.85 bits per heavy atom. The molecule has 196 valence electrons. The normalized spacial score (nSPS) is 10.1. The van der Waals surface area contributed by atoms with Gasteiger partial charge in [0, 0.05) is 24.4 Å². The Kier molecular flexibility index (Phi) is 9.34. The third kappa shape index (κ3) is 6.76. The summed E-state index contributed by atoms with van der Waals surface area (Å²) in [6.07, 6.45) is 2.80. The second-order valence-electron chi connectivity index (χ2n) is 8.02. The van der Waals surface area contributed by atoms with E-state index >= 15 is 4.39 Å². The van der Waals surface area contributed by atoms with E-state index in [1.54, 1.807) is 13.0 Å². The first-order chi connectivity index (χ1) is 18.3. The predicted octanol–water partition coefficient (Wildman–Crippen LogP) is 5.10. The highest BCUT2D eigenvalue weighted by Crippen LogP contribution is 2.35. The highest BCUT2D eigenvalue weighted by Gasteiger charge is 2.18. The molecule has 0 amide bonds. The van der Waals surface area contributed by atoms with Gasteiger partial charge >= 0.3 is 5.97 Å². The van der Waals surface area contributed by atoms with Crippen LogP contribution >= 0.6 is 24.0 Å². The lowest BCUT2D eigenvalue weighted by molar-refractivity contribution is 0.0338. The number of pyridine rings is 1. The quantitative estimate of drug-likeness (QED) is 0.283. The molecule has 0 saturated carbocycles. The van der Waals surface area contributed by atoms with E-state index in [1.165, 1.54) is 54.9 Å². The molecule has 4 rings (SSSR count). The smallest absolute Gasteiger partial charge is 0.341 e. The fraction of sp³-hybridized carbons (Fsp3) is 0.111. The minimum absolute atomic E-state index is 0. The topological polar surface area (TPSA) is 131 Å². The molecule has 39 heavy (non-hydrogen) atoms. The molecule has 0 aliphatic carbocycles. The molecule has 2 aromatic heterocycles. The lowest BCUT2D eigenvalue weighted by atomic mass is 10.1. The summed E-state index contributed by atoms with van der Waals surface area (Å²) < 4.78 is 27.3. The van der Waals surface area contributed by atoms with Crippen LogP contribution in [0.5, 0.6) is 11.5 Å². The van der Waals surface area contributed by atoms with Gasteiger partial charge in [-0.3, -0.25) is 9.78 Å². The van der Waals surface area contributed by atoms with E-state index in [0.29, 0.717) is 11.3 Å². The van der Waals surface area contributed by atoms with Crippen molar-refractivity contribution in [1.82, 2.24) is 14.8 Å². The first-order valence-electron chi connectivity index (χ1n) is 11.0. The Balaban J connectivity index is 0.00000420. The van der Waals surface area contributed by atoms with Crippen molar-refractivity contribution in [3.05, 3.63) is 116 Å². The van der Waals surface area contributed by atoms with Crippen molar-refractivity contribution in [2.45, 2.75) is 20.1 Å². The summed E-state index contributed by atoms with van der Waals surface area (Å²) in [7, 11) is 0. The first kappa shape index (κ1) is 28.8. The second kappa shape index (κ2) is 12.7. The Bertz CT molecular complexity index is 1650. The number of nitrogens with zero attached hydrogens (tertiary/aromatic N) is 5. The minimum Gasteiger partial charge on any atom is -0.453 e. The maximum absolute atomic E-state index is 15.5. The third-order valence-corrected chi connectivity index (χ3v) is 5.60. The Morgan fingerprint density at radius 1 is 1.13 bits per heavy atom. The van der Waals surface area contributed by atoms with Gasteiger partial charge in [0.1, 0.15) is 5.75 Å². The second-order valence-corrected chi connectivity index (χ2v) is 8.43. The number of aryl methyl sites for hydroxylation is 1. The standard InChI is InChI=1S/C27H17ClFN5O4.ClH/c1-16-7-21(33-34(26(16)35)15-37-27(36)20-3-2-6-32-14-20)11-19-4-5-23(28)25(24(19)29)38-22-9-17(12-30)8-18(10-22)13-31;/h2-10,14H,11,15H2,1H3;1H. The maximum Gasteiger partial charge on any atom is 0.341 e. The maximum atomic E-state index is 15.5. The van der Waals surface area contributed by atoms with Gasteiger partial charge in [-0.25, -0.2) is 9.18 Å². The van der Waals surface area contributed by atoms with Crippen molar-refractivity contribution < 1.29 is 18.7 Å². The number of esters is 1. The molecule has 0 aliphatic heterocycles. The van der Waals surface area contributed by atoms with Crippen LogP contribution in [-0.2, 0) is 17.9 Å². The zero-order valence-electron chi connectivity index (χ0n) is 20.2. The third-order valence-electron chi connectivity index (χ3n) is 5.30. The van der Waals surface area contributed by atoms with Gasteiger partial charge in [-0.2, -0.15) is 20.3 Å². The molecule has 0 N–H and O–H groups in total. The van der Waals surface area contributed by atoms with Crippen LogP contribution in [0.15, 0.2) is 65.7 Å². The molecule has 0 aliphatic rings.